The predicted octanol–water partition coefficient (Wildman–Crippen LogP) is 1.01. The first-order valence-electron chi connectivity index (χ1n) is 6.23. The summed E-state index contributed by atoms with van der Waals surface area (Å²) in [5.74, 6) is 0.280. The van der Waals surface area contributed by atoms with Gasteiger partial charge < -0.3 is 10.6 Å². The molecule has 1 saturated heterocycles. The van der Waals surface area contributed by atoms with Crippen molar-refractivity contribution >= 4 is 5.91 Å². The summed E-state index contributed by atoms with van der Waals surface area (Å²) in [7, 11) is 0. The zero-order valence-corrected chi connectivity index (χ0v) is 10.4. The molecule has 0 radical (unpaired) electrons. The number of H-pyrrole nitrogens is 1. The van der Waals surface area contributed by atoms with E-state index in [2.05, 4.69) is 34.7 Å². The minimum atomic E-state index is -0.0816. The van der Waals surface area contributed by atoms with Crippen LogP contribution < -0.4 is 10.6 Å². The quantitative estimate of drug-likeness (QED) is 0.733. The number of piperidine rings is 1. The van der Waals surface area contributed by atoms with Crippen molar-refractivity contribution in [1.82, 2.24) is 20.8 Å². The smallest absolute Gasteiger partial charge is 0.272 e. The molecular formula is C12H20N4O. The lowest BCUT2D eigenvalue weighted by Gasteiger charge is -2.23. The zero-order valence-electron chi connectivity index (χ0n) is 10.4. The molecule has 94 valence electrons. The van der Waals surface area contributed by atoms with Crippen LogP contribution in [0.25, 0.3) is 0 Å². The van der Waals surface area contributed by atoms with Crippen molar-refractivity contribution in [3.63, 3.8) is 0 Å². The van der Waals surface area contributed by atoms with Crippen LogP contribution in [-0.2, 0) is 0 Å². The van der Waals surface area contributed by atoms with Crippen LogP contribution in [0.3, 0.4) is 0 Å². The van der Waals surface area contributed by atoms with Crippen molar-refractivity contribution in [1.29, 1.82) is 0 Å². The SMILES string of the molecule is CC(C)c1cc(C(=O)NC2CCCNC2)n[nH]1. The summed E-state index contributed by atoms with van der Waals surface area (Å²) in [6.45, 7) is 6.04. The van der Waals surface area contributed by atoms with Gasteiger partial charge in [-0.1, -0.05) is 13.8 Å². The maximum atomic E-state index is 11.9. The first kappa shape index (κ1) is 12.1. The molecule has 1 atom stereocenters. The van der Waals surface area contributed by atoms with E-state index in [4.69, 9.17) is 0 Å². The summed E-state index contributed by atoms with van der Waals surface area (Å²) in [6.07, 6.45) is 2.16. The van der Waals surface area contributed by atoms with Crippen LogP contribution in [0.4, 0.5) is 0 Å². The number of hydrogen-bond donors (Lipinski definition) is 3. The Morgan fingerprint density at radius 2 is 2.41 bits per heavy atom. The number of rotatable bonds is 3. The third kappa shape index (κ3) is 3.06. The van der Waals surface area contributed by atoms with E-state index in [1.54, 1.807) is 0 Å². The number of aromatic nitrogens is 2. The van der Waals surface area contributed by atoms with Crippen molar-refractivity contribution in [3.8, 4) is 0 Å². The molecule has 5 nitrogen and oxygen atoms in total. The van der Waals surface area contributed by atoms with Gasteiger partial charge in [0.2, 0.25) is 0 Å². The predicted molar refractivity (Wildman–Crippen MR) is 66.0 cm³/mol. The average Bonchev–Trinajstić information content (AvgIpc) is 2.79. The Labute approximate surface area is 101 Å². The molecule has 0 aliphatic carbocycles. The molecule has 0 aromatic carbocycles. The molecule has 1 unspecified atom stereocenters. The van der Waals surface area contributed by atoms with Crippen LogP contribution >= 0.6 is 0 Å². The number of carbonyl (C=O) groups is 1. The minimum absolute atomic E-state index is 0.0816. The van der Waals surface area contributed by atoms with E-state index in [9.17, 15) is 4.79 Å². The number of nitrogens with zero attached hydrogens (tertiary/aromatic N) is 1. The van der Waals surface area contributed by atoms with Gasteiger partial charge in [0, 0.05) is 18.3 Å². The van der Waals surface area contributed by atoms with Gasteiger partial charge >= 0.3 is 0 Å². The second-order valence-electron chi connectivity index (χ2n) is 4.88. The van der Waals surface area contributed by atoms with Crippen LogP contribution in [0.15, 0.2) is 6.07 Å². The average molecular weight is 236 g/mol. The first-order valence-corrected chi connectivity index (χ1v) is 6.23. The molecule has 0 bridgehead atoms. The second kappa shape index (κ2) is 5.31. The third-order valence-electron chi connectivity index (χ3n) is 3.08. The van der Waals surface area contributed by atoms with Crippen molar-refractivity contribution in [2.24, 2.45) is 0 Å². The van der Waals surface area contributed by atoms with Gasteiger partial charge in [-0.2, -0.15) is 5.10 Å². The normalized spacial score (nSPS) is 20.5. The number of nitrogens with one attached hydrogen (secondary N) is 3. The van der Waals surface area contributed by atoms with E-state index in [1.807, 2.05) is 6.07 Å². The number of hydrogen-bond acceptors (Lipinski definition) is 3. The zero-order chi connectivity index (χ0) is 12.3. The van der Waals surface area contributed by atoms with E-state index in [-0.39, 0.29) is 11.9 Å². The van der Waals surface area contributed by atoms with Gasteiger partial charge in [-0.3, -0.25) is 9.89 Å². The fraction of sp³-hybridized carbons (Fsp3) is 0.667. The molecule has 5 heteroatoms. The van der Waals surface area contributed by atoms with Gasteiger partial charge in [-0.05, 0) is 31.4 Å². The summed E-state index contributed by atoms with van der Waals surface area (Å²) in [5.41, 5.74) is 1.48. The molecule has 1 fully saturated rings. The van der Waals surface area contributed by atoms with Gasteiger partial charge in [-0.15, -0.1) is 0 Å². The van der Waals surface area contributed by atoms with Crippen LogP contribution in [0.5, 0.6) is 0 Å². The highest BCUT2D eigenvalue weighted by Crippen LogP contribution is 2.12. The van der Waals surface area contributed by atoms with Crippen LogP contribution in [0.1, 0.15) is 48.8 Å². The van der Waals surface area contributed by atoms with Crippen molar-refractivity contribution < 1.29 is 4.79 Å². The topological polar surface area (TPSA) is 69.8 Å². The van der Waals surface area contributed by atoms with E-state index >= 15 is 0 Å². The van der Waals surface area contributed by atoms with Gasteiger partial charge in [0.15, 0.2) is 0 Å². The maximum absolute atomic E-state index is 11.9. The number of aromatic amines is 1. The number of amides is 1. The van der Waals surface area contributed by atoms with E-state index in [1.165, 1.54) is 0 Å². The third-order valence-corrected chi connectivity index (χ3v) is 3.08. The Hall–Kier alpha value is -1.36. The molecule has 1 amide bonds. The van der Waals surface area contributed by atoms with E-state index in [0.717, 1.165) is 31.6 Å². The second-order valence-corrected chi connectivity index (χ2v) is 4.88. The van der Waals surface area contributed by atoms with Gasteiger partial charge in [0.1, 0.15) is 5.69 Å². The van der Waals surface area contributed by atoms with Crippen LogP contribution in [0, 0.1) is 0 Å². The fourth-order valence-electron chi connectivity index (χ4n) is 1.98. The van der Waals surface area contributed by atoms with Crippen molar-refractivity contribution in [2.45, 2.75) is 38.6 Å². The Morgan fingerprint density at radius 3 is 3.00 bits per heavy atom. The van der Waals surface area contributed by atoms with Crippen molar-refractivity contribution in [3.05, 3.63) is 17.5 Å². The van der Waals surface area contributed by atoms with Gasteiger partial charge in [-0.25, -0.2) is 0 Å². The summed E-state index contributed by atoms with van der Waals surface area (Å²) in [5, 5.41) is 13.2. The van der Waals surface area contributed by atoms with E-state index < -0.39 is 0 Å². The Bertz CT molecular complexity index is 380. The molecular weight excluding hydrogens is 216 g/mol. The molecule has 1 aromatic heterocycles. The molecule has 1 aliphatic rings. The number of carbonyl (C=O) groups excluding carboxylic acids is 1. The van der Waals surface area contributed by atoms with Crippen LogP contribution in [-0.4, -0.2) is 35.2 Å². The molecule has 0 saturated carbocycles. The monoisotopic (exact) mass is 236 g/mol. The minimum Gasteiger partial charge on any atom is -0.347 e. The molecule has 1 aromatic rings. The Balaban J connectivity index is 1.94. The summed E-state index contributed by atoms with van der Waals surface area (Å²) in [4.78, 5) is 11.9. The lowest BCUT2D eigenvalue weighted by atomic mass is 10.1. The molecule has 1 aliphatic heterocycles. The Morgan fingerprint density at radius 1 is 1.59 bits per heavy atom. The van der Waals surface area contributed by atoms with Crippen LogP contribution in [0.2, 0.25) is 0 Å². The highest BCUT2D eigenvalue weighted by molar-refractivity contribution is 5.92. The largest absolute Gasteiger partial charge is 0.347 e. The lowest BCUT2D eigenvalue weighted by Crippen LogP contribution is -2.45. The fourth-order valence-corrected chi connectivity index (χ4v) is 1.98. The maximum Gasteiger partial charge on any atom is 0.272 e. The summed E-state index contributed by atoms with van der Waals surface area (Å²) < 4.78 is 0. The lowest BCUT2D eigenvalue weighted by molar-refractivity contribution is 0.0925. The molecule has 2 rings (SSSR count). The molecule has 3 N–H and O–H groups in total. The Kier molecular flexibility index (Phi) is 3.78. The summed E-state index contributed by atoms with van der Waals surface area (Å²) in [6, 6.07) is 2.06. The van der Waals surface area contributed by atoms with Crippen molar-refractivity contribution in [2.75, 3.05) is 13.1 Å². The van der Waals surface area contributed by atoms with Gasteiger partial charge in [0.25, 0.3) is 5.91 Å². The molecule has 2 heterocycles. The first-order chi connectivity index (χ1) is 8.16. The molecule has 0 spiro atoms. The molecule has 17 heavy (non-hydrogen) atoms. The highest BCUT2D eigenvalue weighted by Gasteiger charge is 2.18. The highest BCUT2D eigenvalue weighted by atomic mass is 16.2. The standard InChI is InChI=1S/C12H20N4O/c1-8(2)10-6-11(16-15-10)12(17)14-9-4-3-5-13-7-9/h6,8-9,13H,3-5,7H2,1-2H3,(H,14,17)(H,15,16). The van der Waals surface area contributed by atoms with E-state index in [0.29, 0.717) is 11.6 Å². The summed E-state index contributed by atoms with van der Waals surface area (Å²) >= 11 is 0. The van der Waals surface area contributed by atoms with Gasteiger partial charge in [0.05, 0.1) is 0 Å².